The van der Waals surface area contributed by atoms with Crippen LogP contribution >= 0.6 is 7.82 Å². The molecule has 282 valence electrons. The largest absolute Gasteiger partial charge is 0.493 e. The zero-order valence-corrected chi connectivity index (χ0v) is 29.1. The second-order valence-corrected chi connectivity index (χ2v) is 12.1. The van der Waals surface area contributed by atoms with E-state index in [-0.39, 0.29) is 48.9 Å². The van der Waals surface area contributed by atoms with Crippen LogP contribution in [0.5, 0.6) is 5.75 Å². The molecule has 0 fully saturated rings. The van der Waals surface area contributed by atoms with Gasteiger partial charge in [0.05, 0.1) is 37.2 Å². The molecule has 0 radical (unpaired) electrons. The fraction of sp³-hybridized carbons (Fsp3) is 0.484. The summed E-state index contributed by atoms with van der Waals surface area (Å²) in [5.41, 5.74) is 0.324. The Kier molecular flexibility index (Phi) is 17.2. The molecule has 19 nitrogen and oxygen atoms in total. The summed E-state index contributed by atoms with van der Waals surface area (Å²) in [5.74, 6) is -5.73. The van der Waals surface area contributed by atoms with E-state index in [1.54, 1.807) is 13.8 Å². The molecule has 1 aromatic carbocycles. The number of carbonyl (C=O) groups is 6. The Balaban J connectivity index is 2.13. The smallest absolute Gasteiger partial charge is 0.471 e. The third kappa shape index (κ3) is 13.8. The molecule has 2 rings (SSSR count). The van der Waals surface area contributed by atoms with E-state index in [0.29, 0.717) is 18.4 Å². The highest BCUT2D eigenvalue weighted by atomic mass is 31.2. The summed E-state index contributed by atoms with van der Waals surface area (Å²) in [6.07, 6.45) is 2.30. The van der Waals surface area contributed by atoms with Crippen molar-refractivity contribution >= 4 is 43.9 Å². The number of hydrogen-bond acceptors (Lipinski definition) is 11. The third-order valence-corrected chi connectivity index (χ3v) is 7.77. The van der Waals surface area contributed by atoms with Crippen molar-refractivity contribution in [3.8, 4) is 17.1 Å². The minimum atomic E-state index is -4.87. The fourth-order valence-electron chi connectivity index (χ4n) is 4.91. The Morgan fingerprint density at radius 1 is 1.00 bits per heavy atom. The summed E-state index contributed by atoms with van der Waals surface area (Å²) in [6, 6.07) is 4.56. The summed E-state index contributed by atoms with van der Waals surface area (Å²) in [6.45, 7) is 4.19. The van der Waals surface area contributed by atoms with E-state index in [0.717, 1.165) is 17.9 Å². The number of unbranched alkanes of at least 4 members (excludes halogenated alkanes) is 2. The lowest BCUT2D eigenvalue weighted by Crippen LogP contribution is -2.48. The molecule has 20 heteroatoms. The van der Waals surface area contributed by atoms with Gasteiger partial charge in [0.15, 0.2) is 12.6 Å². The summed E-state index contributed by atoms with van der Waals surface area (Å²) in [7, 11) is -4.87. The zero-order chi connectivity index (χ0) is 38.1. The van der Waals surface area contributed by atoms with Gasteiger partial charge in [0.1, 0.15) is 17.6 Å². The molecule has 7 N–H and O–H groups in total. The van der Waals surface area contributed by atoms with Crippen LogP contribution in [0.15, 0.2) is 34.7 Å². The minimum Gasteiger partial charge on any atom is -0.493 e. The number of aliphatic carboxylic acids is 2. The van der Waals surface area contributed by atoms with E-state index in [9.17, 15) is 38.4 Å². The lowest BCUT2D eigenvalue weighted by atomic mass is 9.90. The first-order valence-corrected chi connectivity index (χ1v) is 17.4. The number of hydroxylamine groups is 2. The highest BCUT2D eigenvalue weighted by Gasteiger charge is 2.32. The van der Waals surface area contributed by atoms with Crippen LogP contribution in [0.3, 0.4) is 0 Å². The van der Waals surface area contributed by atoms with E-state index < -0.39 is 68.7 Å². The number of nitrogens with one attached hydrogen (secondary N) is 3. The number of phosphoric ester groups is 1. The number of amides is 4. The van der Waals surface area contributed by atoms with Crippen LogP contribution in [-0.2, 0) is 33.1 Å². The lowest BCUT2D eigenvalue weighted by molar-refractivity contribution is -0.221. The number of phosphoric acid groups is 1. The molecule has 2 aromatic rings. The Hall–Kier alpha value is -4.81. The van der Waals surface area contributed by atoms with Gasteiger partial charge in [-0.1, -0.05) is 39.2 Å². The number of nitrogens with zero attached hydrogens (tertiary/aromatic N) is 1. The van der Waals surface area contributed by atoms with E-state index in [2.05, 4.69) is 20.5 Å². The molecule has 0 unspecified atom stereocenters. The Labute approximate surface area is 292 Å². The Morgan fingerprint density at radius 2 is 1.73 bits per heavy atom. The van der Waals surface area contributed by atoms with Crippen molar-refractivity contribution in [3.63, 3.8) is 0 Å². The maximum atomic E-state index is 13.3. The molecule has 0 saturated carbocycles. The molecule has 3 atom stereocenters. The quantitative estimate of drug-likeness (QED) is 0.0267. The van der Waals surface area contributed by atoms with Crippen molar-refractivity contribution in [1.82, 2.24) is 21.0 Å². The van der Waals surface area contributed by atoms with Gasteiger partial charge in [-0.2, -0.15) is 0 Å². The van der Waals surface area contributed by atoms with Crippen LogP contribution in [0.25, 0.3) is 11.3 Å². The third-order valence-electron chi connectivity index (χ3n) is 7.33. The first-order valence-electron chi connectivity index (χ1n) is 15.9. The van der Waals surface area contributed by atoms with Gasteiger partial charge < -0.3 is 45.1 Å². The highest BCUT2D eigenvalue weighted by Crippen LogP contribution is 2.35. The number of carboxylic acid groups (broad SMARTS) is 2. The second kappa shape index (κ2) is 20.8. The summed E-state index contributed by atoms with van der Waals surface area (Å²) in [5, 5.41) is 26.3. The van der Waals surface area contributed by atoms with Gasteiger partial charge in [-0.05, 0) is 44.0 Å². The van der Waals surface area contributed by atoms with E-state index in [1.165, 1.54) is 30.3 Å². The maximum absolute atomic E-state index is 13.3. The fourth-order valence-corrected chi connectivity index (χ4v) is 5.09. The van der Waals surface area contributed by atoms with Gasteiger partial charge in [-0.25, -0.2) is 19.3 Å². The average Bonchev–Trinajstić information content (AvgIpc) is 3.56. The van der Waals surface area contributed by atoms with Crippen LogP contribution in [0.1, 0.15) is 80.2 Å². The topological polar surface area (TPSA) is 281 Å². The SMILES string of the molecule is CCCCC[C@@H](C(=O)NCNC(=O)c1ccc(-c2ccc(C(=O)N[C@@H](CC(=O)O)C(=O)O)c(OCC)c2)o1)[C@@H](CC)N(C=O)OCOP(=O)(O)O. The minimum absolute atomic E-state index is 0.0452. The molecular formula is C31H43N4O15P. The van der Waals surface area contributed by atoms with Crippen molar-refractivity contribution in [2.45, 2.75) is 71.4 Å². The maximum Gasteiger partial charge on any atom is 0.471 e. The molecule has 0 aliphatic rings. The molecule has 0 saturated heterocycles. The molecule has 4 amide bonds. The number of carboxylic acids is 2. The van der Waals surface area contributed by atoms with Crippen molar-refractivity contribution in [2.24, 2.45) is 5.92 Å². The normalized spacial score (nSPS) is 13.0. The van der Waals surface area contributed by atoms with Crippen LogP contribution in [-0.4, -0.2) is 93.3 Å². The molecule has 0 bridgehead atoms. The first-order chi connectivity index (χ1) is 24.1. The number of carbonyl (C=O) groups excluding carboxylic acids is 4. The van der Waals surface area contributed by atoms with Crippen LogP contribution in [0.2, 0.25) is 0 Å². The van der Waals surface area contributed by atoms with Crippen molar-refractivity contribution in [1.29, 1.82) is 0 Å². The van der Waals surface area contributed by atoms with E-state index in [1.807, 2.05) is 6.92 Å². The summed E-state index contributed by atoms with van der Waals surface area (Å²) >= 11 is 0. The standard InChI is InChI=1S/C31H43N4O15P/c1-4-7-8-9-20(23(5-2)35(17-36)48-18-49-51(44,45)46)28(39)32-16-33-30(41)25-13-12-24(50-25)19-10-11-21(26(14-19)47-6-3)29(40)34-22(31(42)43)15-27(37)38/h10-14,17,20,22-23H,4-9,15-16,18H2,1-3H3,(H,32,39)(H,33,41)(H,34,40)(H,37,38)(H,42,43)(H2,44,45,46)/t20-,22+,23-/m1/s1. The van der Waals surface area contributed by atoms with Gasteiger partial charge in [0, 0.05) is 5.56 Å². The zero-order valence-electron chi connectivity index (χ0n) is 28.2. The number of hydrogen-bond donors (Lipinski definition) is 7. The van der Waals surface area contributed by atoms with Gasteiger partial charge in [-0.3, -0.25) is 28.5 Å². The number of benzene rings is 1. The van der Waals surface area contributed by atoms with Gasteiger partial charge in [0.2, 0.25) is 12.3 Å². The molecule has 0 aliphatic carbocycles. The van der Waals surface area contributed by atoms with E-state index in [4.69, 9.17) is 28.9 Å². The van der Waals surface area contributed by atoms with Crippen molar-refractivity contribution < 1.29 is 71.8 Å². The molecule has 0 spiro atoms. The Bertz CT molecular complexity index is 1560. The molecule has 51 heavy (non-hydrogen) atoms. The predicted molar refractivity (Wildman–Crippen MR) is 176 cm³/mol. The van der Waals surface area contributed by atoms with Crippen molar-refractivity contribution in [2.75, 3.05) is 20.1 Å². The predicted octanol–water partition coefficient (Wildman–Crippen LogP) is 2.24. The van der Waals surface area contributed by atoms with Gasteiger partial charge in [0.25, 0.3) is 11.8 Å². The highest BCUT2D eigenvalue weighted by molar-refractivity contribution is 7.46. The van der Waals surface area contributed by atoms with Crippen LogP contribution in [0, 0.1) is 5.92 Å². The van der Waals surface area contributed by atoms with Gasteiger partial charge >= 0.3 is 19.8 Å². The first kappa shape index (κ1) is 42.4. The Morgan fingerprint density at radius 3 is 2.31 bits per heavy atom. The molecule has 0 aliphatic heterocycles. The van der Waals surface area contributed by atoms with Crippen molar-refractivity contribution in [3.05, 3.63) is 41.7 Å². The van der Waals surface area contributed by atoms with E-state index >= 15 is 0 Å². The number of ether oxygens (including phenoxy) is 1. The lowest BCUT2D eigenvalue weighted by Gasteiger charge is -2.32. The summed E-state index contributed by atoms with van der Waals surface area (Å²) < 4.78 is 26.5. The molecule has 1 aromatic heterocycles. The molecule has 1 heterocycles. The molecular weight excluding hydrogens is 699 g/mol. The average molecular weight is 743 g/mol. The number of rotatable bonds is 24. The van der Waals surface area contributed by atoms with Crippen LogP contribution in [0.4, 0.5) is 0 Å². The summed E-state index contributed by atoms with van der Waals surface area (Å²) in [4.78, 5) is 96.0. The van der Waals surface area contributed by atoms with Crippen LogP contribution < -0.4 is 20.7 Å². The monoisotopic (exact) mass is 742 g/mol. The number of furan rings is 1. The second-order valence-electron chi connectivity index (χ2n) is 10.9. The van der Waals surface area contributed by atoms with Gasteiger partial charge in [-0.15, -0.1) is 0 Å².